The molecule has 2 rings (SSSR count). The van der Waals surface area contributed by atoms with Gasteiger partial charge in [0.25, 0.3) is 5.91 Å². The topological polar surface area (TPSA) is 42.0 Å². The van der Waals surface area contributed by atoms with E-state index in [0.29, 0.717) is 5.56 Å². The largest absolute Gasteiger partial charge is 0.348 e. The maximum Gasteiger partial charge on any atom is 0.253 e. The fraction of sp³-hybridized carbons (Fsp3) is 0.0769. The minimum Gasteiger partial charge on any atom is -0.348 e. The van der Waals surface area contributed by atoms with Crippen LogP contribution in [0.5, 0.6) is 0 Å². The van der Waals surface area contributed by atoms with E-state index in [2.05, 4.69) is 10.3 Å². The second kappa shape index (κ2) is 5.99. The van der Waals surface area contributed by atoms with Gasteiger partial charge in [0, 0.05) is 12.7 Å². The third-order valence-electron chi connectivity index (χ3n) is 2.41. The van der Waals surface area contributed by atoms with Gasteiger partial charge in [0.1, 0.15) is 11.0 Å². The van der Waals surface area contributed by atoms with Crippen molar-refractivity contribution in [1.82, 2.24) is 10.3 Å². The third-order valence-corrected chi connectivity index (χ3v) is 2.92. The highest BCUT2D eigenvalue weighted by Crippen LogP contribution is 2.18. The van der Waals surface area contributed by atoms with E-state index in [-0.39, 0.29) is 28.1 Å². The van der Waals surface area contributed by atoms with Crippen molar-refractivity contribution >= 4 is 29.1 Å². The highest BCUT2D eigenvalue weighted by molar-refractivity contribution is 6.35. The summed E-state index contributed by atoms with van der Waals surface area (Å²) in [5.41, 5.74) is 0.891. The Bertz CT molecular complexity index is 619. The number of nitrogens with zero attached hydrogens (tertiary/aromatic N) is 1. The minimum absolute atomic E-state index is 0.181. The van der Waals surface area contributed by atoms with Crippen LogP contribution in [0.15, 0.2) is 36.5 Å². The standard InChI is InChI=1S/C13H9Cl2FN2O/c14-11-7-17-12(15)5-10(11)13(19)18-6-8-2-1-3-9(16)4-8/h1-5,7H,6H2,(H,18,19). The summed E-state index contributed by atoms with van der Waals surface area (Å²) in [5, 5.41) is 3.02. The summed E-state index contributed by atoms with van der Waals surface area (Å²) in [6, 6.07) is 7.36. The summed E-state index contributed by atoms with van der Waals surface area (Å²) in [4.78, 5) is 15.7. The van der Waals surface area contributed by atoms with Gasteiger partial charge in [-0.3, -0.25) is 4.79 Å². The van der Waals surface area contributed by atoms with Crippen LogP contribution in [0.25, 0.3) is 0 Å². The Morgan fingerprint density at radius 2 is 2.11 bits per heavy atom. The van der Waals surface area contributed by atoms with Crippen molar-refractivity contribution in [3.8, 4) is 0 Å². The van der Waals surface area contributed by atoms with E-state index in [1.807, 2.05) is 0 Å². The second-order valence-electron chi connectivity index (χ2n) is 3.80. The third kappa shape index (κ3) is 3.66. The lowest BCUT2D eigenvalue weighted by Gasteiger charge is -2.07. The van der Waals surface area contributed by atoms with Gasteiger partial charge in [0.15, 0.2) is 0 Å². The first-order valence-electron chi connectivity index (χ1n) is 5.40. The SMILES string of the molecule is O=C(NCc1cccc(F)c1)c1cc(Cl)ncc1Cl. The average molecular weight is 299 g/mol. The lowest BCUT2D eigenvalue weighted by molar-refractivity contribution is 0.0951. The van der Waals surface area contributed by atoms with Crippen molar-refractivity contribution < 1.29 is 9.18 Å². The number of benzene rings is 1. The number of amides is 1. The Kier molecular flexibility index (Phi) is 4.35. The van der Waals surface area contributed by atoms with Crippen LogP contribution in [0.1, 0.15) is 15.9 Å². The monoisotopic (exact) mass is 298 g/mol. The molecule has 0 fully saturated rings. The van der Waals surface area contributed by atoms with Gasteiger partial charge in [-0.15, -0.1) is 0 Å². The van der Waals surface area contributed by atoms with E-state index in [9.17, 15) is 9.18 Å². The fourth-order valence-electron chi connectivity index (χ4n) is 1.51. The van der Waals surface area contributed by atoms with E-state index in [0.717, 1.165) is 0 Å². The molecule has 1 aromatic heterocycles. The van der Waals surface area contributed by atoms with Crippen molar-refractivity contribution in [2.24, 2.45) is 0 Å². The molecule has 0 aliphatic rings. The van der Waals surface area contributed by atoms with Crippen LogP contribution in [0.2, 0.25) is 10.2 Å². The van der Waals surface area contributed by atoms with Crippen LogP contribution in [-0.2, 0) is 6.54 Å². The Morgan fingerprint density at radius 3 is 2.84 bits per heavy atom. The number of nitrogens with one attached hydrogen (secondary N) is 1. The van der Waals surface area contributed by atoms with Gasteiger partial charge in [-0.05, 0) is 23.8 Å². The van der Waals surface area contributed by atoms with Crippen molar-refractivity contribution in [3.63, 3.8) is 0 Å². The highest BCUT2D eigenvalue weighted by atomic mass is 35.5. The molecule has 0 saturated heterocycles. The minimum atomic E-state index is -0.390. The molecule has 0 aliphatic carbocycles. The molecular formula is C13H9Cl2FN2O. The average Bonchev–Trinajstić information content (AvgIpc) is 2.39. The van der Waals surface area contributed by atoms with Gasteiger partial charge in [-0.2, -0.15) is 0 Å². The van der Waals surface area contributed by atoms with Gasteiger partial charge in [0.2, 0.25) is 0 Å². The van der Waals surface area contributed by atoms with Gasteiger partial charge >= 0.3 is 0 Å². The molecule has 1 aromatic carbocycles. The van der Waals surface area contributed by atoms with Crippen molar-refractivity contribution in [1.29, 1.82) is 0 Å². The number of hydrogen-bond donors (Lipinski definition) is 1. The van der Waals surface area contributed by atoms with Crippen LogP contribution in [0.3, 0.4) is 0 Å². The van der Waals surface area contributed by atoms with Crippen LogP contribution < -0.4 is 5.32 Å². The number of carbonyl (C=O) groups excluding carboxylic acids is 1. The summed E-state index contributed by atoms with van der Waals surface area (Å²) < 4.78 is 13.0. The molecule has 0 bridgehead atoms. The van der Waals surface area contributed by atoms with E-state index in [4.69, 9.17) is 23.2 Å². The molecule has 0 saturated carbocycles. The van der Waals surface area contributed by atoms with E-state index in [1.165, 1.54) is 24.4 Å². The molecule has 0 unspecified atom stereocenters. The summed E-state index contributed by atoms with van der Waals surface area (Å²) in [6.07, 6.45) is 1.31. The second-order valence-corrected chi connectivity index (χ2v) is 4.59. The summed E-state index contributed by atoms with van der Waals surface area (Å²) in [6.45, 7) is 0.201. The number of hydrogen-bond acceptors (Lipinski definition) is 2. The molecule has 1 heterocycles. The molecular weight excluding hydrogens is 290 g/mol. The predicted molar refractivity (Wildman–Crippen MR) is 71.8 cm³/mol. The molecule has 19 heavy (non-hydrogen) atoms. The predicted octanol–water partition coefficient (Wildman–Crippen LogP) is 3.46. The molecule has 0 atom stereocenters. The number of aromatic nitrogens is 1. The van der Waals surface area contributed by atoms with Crippen LogP contribution in [0.4, 0.5) is 4.39 Å². The fourth-order valence-corrected chi connectivity index (χ4v) is 1.86. The van der Waals surface area contributed by atoms with E-state index in [1.54, 1.807) is 12.1 Å². The first-order valence-corrected chi connectivity index (χ1v) is 6.15. The Balaban J connectivity index is 2.07. The number of carbonyl (C=O) groups is 1. The van der Waals surface area contributed by atoms with Crippen molar-refractivity contribution in [2.45, 2.75) is 6.54 Å². The Morgan fingerprint density at radius 1 is 1.32 bits per heavy atom. The van der Waals surface area contributed by atoms with Crippen molar-refractivity contribution in [2.75, 3.05) is 0 Å². The zero-order valence-corrected chi connectivity index (χ0v) is 11.2. The zero-order valence-electron chi connectivity index (χ0n) is 9.66. The molecule has 0 radical (unpaired) electrons. The van der Waals surface area contributed by atoms with Gasteiger partial charge in [-0.1, -0.05) is 35.3 Å². The summed E-state index contributed by atoms with van der Waals surface area (Å²) in [7, 11) is 0. The van der Waals surface area contributed by atoms with Gasteiger partial charge < -0.3 is 5.32 Å². The normalized spacial score (nSPS) is 10.3. The first kappa shape index (κ1) is 13.8. The molecule has 98 valence electrons. The first-order chi connectivity index (χ1) is 9.06. The maximum absolute atomic E-state index is 13.0. The van der Waals surface area contributed by atoms with Gasteiger partial charge in [-0.25, -0.2) is 9.37 Å². The number of pyridine rings is 1. The van der Waals surface area contributed by atoms with Gasteiger partial charge in [0.05, 0.1) is 10.6 Å². The quantitative estimate of drug-likeness (QED) is 0.882. The summed E-state index contributed by atoms with van der Waals surface area (Å²) >= 11 is 11.6. The molecule has 0 aliphatic heterocycles. The molecule has 0 spiro atoms. The maximum atomic E-state index is 13.0. The summed E-state index contributed by atoms with van der Waals surface area (Å²) in [5.74, 6) is -0.740. The Labute approximate surface area is 119 Å². The molecule has 1 N–H and O–H groups in total. The van der Waals surface area contributed by atoms with Crippen LogP contribution >= 0.6 is 23.2 Å². The highest BCUT2D eigenvalue weighted by Gasteiger charge is 2.11. The van der Waals surface area contributed by atoms with E-state index < -0.39 is 5.91 Å². The molecule has 3 nitrogen and oxygen atoms in total. The van der Waals surface area contributed by atoms with E-state index >= 15 is 0 Å². The molecule has 2 aromatic rings. The van der Waals surface area contributed by atoms with Crippen molar-refractivity contribution in [3.05, 3.63) is 63.6 Å². The molecule has 1 amide bonds. The smallest absolute Gasteiger partial charge is 0.253 e. The van der Waals surface area contributed by atoms with Crippen LogP contribution in [-0.4, -0.2) is 10.9 Å². The lowest BCUT2D eigenvalue weighted by atomic mass is 10.2. The van der Waals surface area contributed by atoms with Crippen LogP contribution in [0, 0.1) is 5.82 Å². The number of rotatable bonds is 3. The lowest BCUT2D eigenvalue weighted by Crippen LogP contribution is -2.23. The molecule has 6 heteroatoms. The zero-order chi connectivity index (χ0) is 13.8. The Hall–Kier alpha value is -1.65. The number of halogens is 3.